The van der Waals surface area contributed by atoms with Crippen molar-refractivity contribution in [3.05, 3.63) is 108 Å². The predicted octanol–water partition coefficient (Wildman–Crippen LogP) is 3.84. The van der Waals surface area contributed by atoms with Gasteiger partial charge in [0.05, 0.1) is 6.61 Å². The highest BCUT2D eigenvalue weighted by Gasteiger charge is 2.27. The molecule has 0 fully saturated rings. The molecule has 1 atom stereocenters. The molecule has 0 saturated carbocycles. The average molecular weight is 417 g/mol. The molecule has 2 N–H and O–H groups in total. The van der Waals surface area contributed by atoms with E-state index in [-0.39, 0.29) is 12.5 Å². The first kappa shape index (κ1) is 22.2. The molecule has 3 aromatic rings. The molecule has 0 radical (unpaired) electrons. The van der Waals surface area contributed by atoms with Crippen LogP contribution in [0.3, 0.4) is 0 Å². The van der Waals surface area contributed by atoms with Crippen molar-refractivity contribution in [1.82, 2.24) is 10.8 Å². The number of hydroxylamine groups is 1. The average Bonchev–Trinajstić information content (AvgIpc) is 2.82. The summed E-state index contributed by atoms with van der Waals surface area (Å²) in [6.45, 7) is 0.750. The minimum Gasteiger partial charge on any atom is -0.355 e. The van der Waals surface area contributed by atoms with Gasteiger partial charge >= 0.3 is 0 Å². The van der Waals surface area contributed by atoms with Crippen molar-refractivity contribution in [3.63, 3.8) is 0 Å². The van der Waals surface area contributed by atoms with Crippen LogP contribution in [-0.4, -0.2) is 18.4 Å². The van der Waals surface area contributed by atoms with Gasteiger partial charge < -0.3 is 5.32 Å². The van der Waals surface area contributed by atoms with Gasteiger partial charge in [-0.1, -0.05) is 91.0 Å². The number of carbonyl (C=O) groups excluding carboxylic acids is 2. The topological polar surface area (TPSA) is 67.4 Å². The molecule has 0 spiro atoms. The molecule has 0 saturated heterocycles. The molecule has 0 bridgehead atoms. The van der Waals surface area contributed by atoms with Gasteiger partial charge in [0.15, 0.2) is 0 Å². The number of amides is 2. The zero-order valence-corrected chi connectivity index (χ0v) is 17.5. The third-order valence-electron chi connectivity index (χ3n) is 4.95. The van der Waals surface area contributed by atoms with E-state index in [1.54, 1.807) is 0 Å². The van der Waals surface area contributed by atoms with E-state index in [4.69, 9.17) is 4.84 Å². The Morgan fingerprint density at radius 3 is 1.87 bits per heavy atom. The number of nitrogens with one attached hydrogen (secondary N) is 2. The highest BCUT2D eigenvalue weighted by Crippen LogP contribution is 2.11. The summed E-state index contributed by atoms with van der Waals surface area (Å²) in [5.41, 5.74) is 5.53. The van der Waals surface area contributed by atoms with Gasteiger partial charge in [-0.05, 0) is 36.0 Å². The van der Waals surface area contributed by atoms with E-state index in [9.17, 15) is 9.59 Å². The monoisotopic (exact) mass is 416 g/mol. The summed E-state index contributed by atoms with van der Waals surface area (Å²) in [6.07, 6.45) is 1.99. The summed E-state index contributed by atoms with van der Waals surface area (Å²) in [4.78, 5) is 30.9. The van der Waals surface area contributed by atoms with Crippen LogP contribution < -0.4 is 10.8 Å². The normalized spacial score (nSPS) is 11.5. The summed E-state index contributed by atoms with van der Waals surface area (Å²) in [7, 11) is 0. The molecule has 3 rings (SSSR count). The van der Waals surface area contributed by atoms with Crippen LogP contribution in [0.2, 0.25) is 0 Å². The summed E-state index contributed by atoms with van der Waals surface area (Å²) in [6, 6.07) is 29.2. The molecule has 5 heteroatoms. The SMILES string of the molecule is O=C(NCCCc1ccccc1)C(Cc1ccccc1)C(=O)NOCc1ccccc1. The van der Waals surface area contributed by atoms with Gasteiger partial charge in [-0.2, -0.15) is 0 Å². The first-order valence-electron chi connectivity index (χ1n) is 10.5. The second kappa shape index (κ2) is 12.3. The Kier molecular flexibility index (Phi) is 8.83. The first-order chi connectivity index (χ1) is 15.2. The Bertz CT molecular complexity index is 931. The molecule has 160 valence electrons. The number of benzene rings is 3. The van der Waals surface area contributed by atoms with Crippen LogP contribution >= 0.6 is 0 Å². The van der Waals surface area contributed by atoms with E-state index in [2.05, 4.69) is 22.9 Å². The van der Waals surface area contributed by atoms with Gasteiger partial charge in [-0.15, -0.1) is 0 Å². The van der Waals surface area contributed by atoms with Gasteiger partial charge in [-0.25, -0.2) is 5.48 Å². The van der Waals surface area contributed by atoms with Crippen molar-refractivity contribution in [1.29, 1.82) is 0 Å². The molecule has 3 aromatic carbocycles. The van der Waals surface area contributed by atoms with Crippen LogP contribution in [0.25, 0.3) is 0 Å². The van der Waals surface area contributed by atoms with Crippen molar-refractivity contribution in [3.8, 4) is 0 Å². The maximum Gasteiger partial charge on any atom is 0.256 e. The van der Waals surface area contributed by atoms with Crippen molar-refractivity contribution in [2.45, 2.75) is 25.9 Å². The van der Waals surface area contributed by atoms with Gasteiger partial charge in [0.2, 0.25) is 5.91 Å². The molecule has 0 aliphatic carbocycles. The van der Waals surface area contributed by atoms with Gasteiger partial charge in [0.25, 0.3) is 5.91 Å². The number of aryl methyl sites for hydroxylation is 1. The fourth-order valence-corrected chi connectivity index (χ4v) is 3.26. The second-order valence-corrected chi connectivity index (χ2v) is 7.36. The van der Waals surface area contributed by atoms with E-state index >= 15 is 0 Å². The maximum atomic E-state index is 12.8. The number of rotatable bonds is 11. The van der Waals surface area contributed by atoms with Gasteiger partial charge in [-0.3, -0.25) is 14.4 Å². The Labute approximate surface area is 183 Å². The Balaban J connectivity index is 1.53. The van der Waals surface area contributed by atoms with Crippen LogP contribution in [0.5, 0.6) is 0 Å². The fourth-order valence-electron chi connectivity index (χ4n) is 3.26. The smallest absolute Gasteiger partial charge is 0.256 e. The standard InChI is InChI=1S/C26H28N2O3/c29-25(27-18-10-17-21-11-4-1-5-12-21)24(19-22-13-6-2-7-14-22)26(30)28-31-20-23-15-8-3-9-16-23/h1-9,11-16,24H,10,17-20H2,(H,27,29)(H,28,30). The molecule has 5 nitrogen and oxygen atoms in total. The number of hydrogen-bond donors (Lipinski definition) is 2. The third-order valence-corrected chi connectivity index (χ3v) is 4.95. The molecular formula is C26H28N2O3. The minimum atomic E-state index is -0.866. The molecule has 0 aromatic heterocycles. The zero-order valence-electron chi connectivity index (χ0n) is 17.5. The Morgan fingerprint density at radius 2 is 1.26 bits per heavy atom. The molecular weight excluding hydrogens is 388 g/mol. The Hall–Kier alpha value is -3.44. The van der Waals surface area contributed by atoms with E-state index < -0.39 is 11.8 Å². The van der Waals surface area contributed by atoms with Gasteiger partial charge in [0.1, 0.15) is 5.92 Å². The summed E-state index contributed by atoms with van der Waals surface area (Å²) in [5, 5.41) is 2.91. The maximum absolute atomic E-state index is 12.8. The third kappa shape index (κ3) is 7.72. The van der Waals surface area contributed by atoms with E-state index in [0.717, 1.165) is 24.0 Å². The van der Waals surface area contributed by atoms with Gasteiger partial charge in [0, 0.05) is 6.54 Å². The van der Waals surface area contributed by atoms with Crippen LogP contribution in [-0.2, 0) is 33.9 Å². The molecule has 0 aliphatic rings. The molecule has 0 aliphatic heterocycles. The summed E-state index contributed by atoms with van der Waals surface area (Å²) >= 11 is 0. The summed E-state index contributed by atoms with van der Waals surface area (Å²) in [5.74, 6) is -1.60. The second-order valence-electron chi connectivity index (χ2n) is 7.36. The quantitative estimate of drug-likeness (QED) is 0.284. The van der Waals surface area contributed by atoms with Crippen molar-refractivity contribution in [2.24, 2.45) is 5.92 Å². The lowest BCUT2D eigenvalue weighted by atomic mass is 9.97. The highest BCUT2D eigenvalue weighted by molar-refractivity contribution is 6.00. The lowest BCUT2D eigenvalue weighted by Gasteiger charge is -2.17. The lowest BCUT2D eigenvalue weighted by molar-refractivity contribution is -0.144. The van der Waals surface area contributed by atoms with E-state index in [0.29, 0.717) is 13.0 Å². The predicted molar refractivity (Wildman–Crippen MR) is 121 cm³/mol. The van der Waals surface area contributed by atoms with Crippen LogP contribution in [0.1, 0.15) is 23.1 Å². The zero-order chi connectivity index (χ0) is 21.7. The van der Waals surface area contributed by atoms with Crippen molar-refractivity contribution < 1.29 is 14.4 Å². The molecule has 1 unspecified atom stereocenters. The highest BCUT2D eigenvalue weighted by atomic mass is 16.6. The fraction of sp³-hybridized carbons (Fsp3) is 0.231. The number of carbonyl (C=O) groups is 2. The van der Waals surface area contributed by atoms with E-state index in [1.807, 2.05) is 78.9 Å². The number of hydrogen-bond acceptors (Lipinski definition) is 3. The van der Waals surface area contributed by atoms with Crippen LogP contribution in [0, 0.1) is 5.92 Å². The Morgan fingerprint density at radius 1 is 0.710 bits per heavy atom. The van der Waals surface area contributed by atoms with Crippen LogP contribution in [0.4, 0.5) is 0 Å². The van der Waals surface area contributed by atoms with E-state index in [1.165, 1.54) is 5.56 Å². The summed E-state index contributed by atoms with van der Waals surface area (Å²) < 4.78 is 0. The molecule has 31 heavy (non-hydrogen) atoms. The first-order valence-corrected chi connectivity index (χ1v) is 10.5. The molecule has 2 amide bonds. The van der Waals surface area contributed by atoms with Crippen molar-refractivity contribution >= 4 is 11.8 Å². The van der Waals surface area contributed by atoms with Crippen LogP contribution in [0.15, 0.2) is 91.0 Å². The molecule has 0 heterocycles. The lowest BCUT2D eigenvalue weighted by Crippen LogP contribution is -2.42. The minimum absolute atomic E-state index is 0.239. The van der Waals surface area contributed by atoms with Crippen molar-refractivity contribution in [2.75, 3.05) is 6.54 Å². The largest absolute Gasteiger partial charge is 0.355 e.